The van der Waals surface area contributed by atoms with E-state index in [0.717, 1.165) is 32.1 Å². The molecule has 0 aliphatic rings. The molecular weight excluding hydrogens is 452 g/mol. The minimum atomic E-state index is -3.22. The van der Waals surface area contributed by atoms with Gasteiger partial charge in [0.2, 0.25) is 0 Å². The Bertz CT molecular complexity index is 647. The second kappa shape index (κ2) is 18.3. The highest BCUT2D eigenvalue weighted by molar-refractivity contribution is 6.09. The van der Waals surface area contributed by atoms with Gasteiger partial charge in [-0.15, -0.1) is 0 Å². The van der Waals surface area contributed by atoms with E-state index < -0.39 is 47.5 Å². The van der Waals surface area contributed by atoms with Gasteiger partial charge in [-0.1, -0.05) is 110 Å². The van der Waals surface area contributed by atoms with Crippen LogP contribution in [0.3, 0.4) is 0 Å². The van der Waals surface area contributed by atoms with Crippen LogP contribution in [0.5, 0.6) is 0 Å². The number of hydrogen-bond acceptors (Lipinski definition) is 5. The maximum absolute atomic E-state index is 13.1. The predicted molar refractivity (Wildman–Crippen MR) is 134 cm³/mol. The Morgan fingerprint density at radius 2 is 0.971 bits per heavy atom. The monoisotopic (exact) mass is 500 g/mol. The second-order valence-corrected chi connectivity index (χ2v) is 9.82. The Morgan fingerprint density at radius 3 is 1.34 bits per heavy atom. The number of aliphatic hydroxyl groups is 1. The maximum atomic E-state index is 13.1. The van der Waals surface area contributed by atoms with E-state index in [-0.39, 0.29) is 12.8 Å². The number of carboxylic acids is 3. The van der Waals surface area contributed by atoms with E-state index in [2.05, 4.69) is 6.92 Å². The summed E-state index contributed by atoms with van der Waals surface area (Å²) in [6.45, 7) is 4.11. The average Bonchev–Trinajstić information content (AvgIpc) is 2.78. The number of Topliss-reactive ketones (excluding diaryl/α,β-unsaturated/α-hetero) is 1. The molecule has 0 saturated heterocycles. The molecule has 4 N–H and O–H groups in total. The molecule has 8 nitrogen and oxygen atoms in total. The van der Waals surface area contributed by atoms with Crippen molar-refractivity contribution in [2.24, 2.45) is 5.41 Å². The van der Waals surface area contributed by atoms with E-state index in [9.17, 15) is 39.6 Å². The zero-order chi connectivity index (χ0) is 26.7. The van der Waals surface area contributed by atoms with Crippen molar-refractivity contribution in [3.05, 3.63) is 0 Å². The Hall–Kier alpha value is -1.96. The first-order chi connectivity index (χ1) is 16.6. The molecule has 0 aromatic heterocycles. The topological polar surface area (TPSA) is 149 Å². The summed E-state index contributed by atoms with van der Waals surface area (Å²) in [7, 11) is 0. The van der Waals surface area contributed by atoms with Gasteiger partial charge < -0.3 is 20.4 Å². The molecule has 0 rings (SSSR count). The lowest BCUT2D eigenvalue weighted by molar-refractivity contribution is -0.196. The molecule has 35 heavy (non-hydrogen) atoms. The molecule has 0 amide bonds. The van der Waals surface area contributed by atoms with Gasteiger partial charge in [-0.25, -0.2) is 4.79 Å². The van der Waals surface area contributed by atoms with Crippen molar-refractivity contribution in [3.63, 3.8) is 0 Å². The molecule has 2 unspecified atom stereocenters. The van der Waals surface area contributed by atoms with Crippen molar-refractivity contribution >= 4 is 23.7 Å². The van der Waals surface area contributed by atoms with E-state index in [4.69, 9.17) is 0 Å². The Morgan fingerprint density at radius 1 is 0.571 bits per heavy atom. The highest BCUT2D eigenvalue weighted by Gasteiger charge is 2.65. The maximum Gasteiger partial charge on any atom is 0.338 e. The molecular formula is C27H48O8. The fourth-order valence-electron chi connectivity index (χ4n) is 4.76. The van der Waals surface area contributed by atoms with E-state index >= 15 is 0 Å². The largest absolute Gasteiger partial charge is 0.481 e. The third-order valence-corrected chi connectivity index (χ3v) is 6.97. The van der Waals surface area contributed by atoms with Crippen LogP contribution < -0.4 is 0 Å². The smallest absolute Gasteiger partial charge is 0.338 e. The zero-order valence-corrected chi connectivity index (χ0v) is 21.9. The summed E-state index contributed by atoms with van der Waals surface area (Å²) in [6, 6.07) is 0. The van der Waals surface area contributed by atoms with E-state index in [1.165, 1.54) is 44.9 Å². The summed E-state index contributed by atoms with van der Waals surface area (Å²) in [4.78, 5) is 48.7. The van der Waals surface area contributed by atoms with Crippen LogP contribution in [-0.4, -0.2) is 49.7 Å². The van der Waals surface area contributed by atoms with Crippen LogP contribution in [0, 0.1) is 5.41 Å². The number of ketones is 1. The SMILES string of the molecule is CCCCCCCCCCCCCCCC(C(=O)O)(C(=O)CCCCC)C(O)(CC(=O)O)C(=O)O. The van der Waals surface area contributed by atoms with Gasteiger partial charge in [0.15, 0.2) is 16.8 Å². The van der Waals surface area contributed by atoms with E-state index in [1.54, 1.807) is 0 Å². The number of carbonyl (C=O) groups excluding carboxylic acids is 1. The van der Waals surface area contributed by atoms with Crippen LogP contribution >= 0.6 is 0 Å². The van der Waals surface area contributed by atoms with Gasteiger partial charge in [-0.2, -0.15) is 0 Å². The molecule has 0 aliphatic heterocycles. The lowest BCUT2D eigenvalue weighted by Crippen LogP contribution is -2.63. The Kier molecular flexibility index (Phi) is 17.3. The molecule has 0 saturated carbocycles. The van der Waals surface area contributed by atoms with Gasteiger partial charge in [0.1, 0.15) is 0 Å². The van der Waals surface area contributed by atoms with Crippen LogP contribution in [0.2, 0.25) is 0 Å². The standard InChI is InChI=1S/C27H48O8/c1-3-5-7-8-9-10-11-12-13-14-15-16-18-20-26(24(31)32,22(28)19-17-6-4-2)27(35,25(33)34)21-23(29)30/h35H,3-21H2,1-2H3,(H,29,30)(H,31,32)(H,33,34). The number of hydrogen-bond donors (Lipinski definition) is 4. The first-order valence-electron chi connectivity index (χ1n) is 13.5. The number of carboxylic acid groups (broad SMARTS) is 3. The summed E-state index contributed by atoms with van der Waals surface area (Å²) in [5.74, 6) is -6.36. The predicted octanol–water partition coefficient (Wildman–Crippen LogP) is 5.98. The summed E-state index contributed by atoms with van der Waals surface area (Å²) in [5.41, 5.74) is -5.91. The van der Waals surface area contributed by atoms with Crippen LogP contribution in [0.1, 0.15) is 136 Å². The Labute approximate surface area is 210 Å². The number of unbranched alkanes of at least 4 members (excludes halogenated alkanes) is 14. The molecule has 8 heteroatoms. The fraction of sp³-hybridized carbons (Fsp3) is 0.852. The van der Waals surface area contributed by atoms with Crippen LogP contribution in [0.15, 0.2) is 0 Å². The molecule has 204 valence electrons. The van der Waals surface area contributed by atoms with Gasteiger partial charge in [0, 0.05) is 6.42 Å². The van der Waals surface area contributed by atoms with Crippen molar-refractivity contribution in [2.45, 2.75) is 141 Å². The molecule has 0 heterocycles. The lowest BCUT2D eigenvalue weighted by atomic mass is 9.63. The van der Waals surface area contributed by atoms with Crippen molar-refractivity contribution in [1.29, 1.82) is 0 Å². The van der Waals surface area contributed by atoms with Gasteiger partial charge in [0.25, 0.3) is 0 Å². The Balaban J connectivity index is 4.98. The van der Waals surface area contributed by atoms with Crippen molar-refractivity contribution in [1.82, 2.24) is 0 Å². The van der Waals surface area contributed by atoms with E-state index in [0.29, 0.717) is 19.3 Å². The minimum Gasteiger partial charge on any atom is -0.481 e. The summed E-state index contributed by atoms with van der Waals surface area (Å²) in [5, 5.41) is 39.7. The molecule has 2 atom stereocenters. The number of rotatable bonds is 24. The first-order valence-corrected chi connectivity index (χ1v) is 13.5. The molecule has 0 fully saturated rings. The van der Waals surface area contributed by atoms with Crippen molar-refractivity contribution in [3.8, 4) is 0 Å². The molecule has 0 bridgehead atoms. The third kappa shape index (κ3) is 11.1. The third-order valence-electron chi connectivity index (χ3n) is 6.97. The molecule has 0 aliphatic carbocycles. The van der Waals surface area contributed by atoms with Crippen LogP contribution in [0.4, 0.5) is 0 Å². The summed E-state index contributed by atoms with van der Waals surface area (Å²) >= 11 is 0. The van der Waals surface area contributed by atoms with Crippen molar-refractivity contribution < 1.29 is 39.6 Å². The quantitative estimate of drug-likeness (QED) is 0.0934. The zero-order valence-electron chi connectivity index (χ0n) is 21.9. The lowest BCUT2D eigenvalue weighted by Gasteiger charge is -2.39. The van der Waals surface area contributed by atoms with Crippen LogP contribution in [0.25, 0.3) is 0 Å². The van der Waals surface area contributed by atoms with Gasteiger partial charge in [-0.05, 0) is 12.8 Å². The summed E-state index contributed by atoms with van der Waals surface area (Å²) in [6.07, 6.45) is 13.4. The van der Waals surface area contributed by atoms with Crippen molar-refractivity contribution in [2.75, 3.05) is 0 Å². The summed E-state index contributed by atoms with van der Waals surface area (Å²) < 4.78 is 0. The second-order valence-electron chi connectivity index (χ2n) is 9.82. The normalized spacial score (nSPS) is 14.7. The minimum absolute atomic E-state index is 0.214. The molecule has 0 radical (unpaired) electrons. The van der Waals surface area contributed by atoms with Crippen LogP contribution in [-0.2, 0) is 19.2 Å². The van der Waals surface area contributed by atoms with Gasteiger partial charge in [-0.3, -0.25) is 14.4 Å². The highest BCUT2D eigenvalue weighted by Crippen LogP contribution is 2.43. The molecule has 0 aromatic rings. The van der Waals surface area contributed by atoms with Gasteiger partial charge >= 0.3 is 17.9 Å². The van der Waals surface area contributed by atoms with E-state index in [1.807, 2.05) is 6.92 Å². The highest BCUT2D eigenvalue weighted by atomic mass is 16.4. The first kappa shape index (κ1) is 33.0. The molecule has 0 aromatic carbocycles. The average molecular weight is 501 g/mol. The number of carbonyl (C=O) groups is 4. The fourth-order valence-corrected chi connectivity index (χ4v) is 4.76. The number of aliphatic carboxylic acids is 3. The molecule has 0 spiro atoms. The van der Waals surface area contributed by atoms with Gasteiger partial charge in [0.05, 0.1) is 6.42 Å².